The number of benzene rings is 2. The highest BCUT2D eigenvalue weighted by Gasteiger charge is 2.25. The zero-order valence-corrected chi connectivity index (χ0v) is 17.2. The fraction of sp³-hybridized carbons (Fsp3) is 0.333. The van der Waals surface area contributed by atoms with E-state index in [1.165, 1.54) is 0 Å². The molecule has 0 saturated carbocycles. The molecule has 5 heteroatoms. The van der Waals surface area contributed by atoms with Crippen molar-refractivity contribution in [3.63, 3.8) is 0 Å². The molecule has 2 aromatic rings. The highest BCUT2D eigenvalue weighted by Crippen LogP contribution is 2.26. The molecule has 29 heavy (non-hydrogen) atoms. The highest BCUT2D eigenvalue weighted by molar-refractivity contribution is 6.05. The van der Waals surface area contributed by atoms with Crippen molar-refractivity contribution in [2.24, 2.45) is 11.0 Å². The van der Waals surface area contributed by atoms with E-state index in [-0.39, 0.29) is 17.9 Å². The summed E-state index contributed by atoms with van der Waals surface area (Å²) in [5.74, 6) is 1.16. The number of nitrogens with one attached hydrogen (secondary N) is 1. The van der Waals surface area contributed by atoms with Crippen LogP contribution in [0.3, 0.4) is 0 Å². The second kappa shape index (κ2) is 9.92. The quantitative estimate of drug-likeness (QED) is 0.511. The van der Waals surface area contributed by atoms with Crippen LogP contribution in [0.5, 0.6) is 5.75 Å². The van der Waals surface area contributed by atoms with E-state index in [0.29, 0.717) is 17.9 Å². The first kappa shape index (κ1) is 20.6. The summed E-state index contributed by atoms with van der Waals surface area (Å²) in [5.41, 5.74) is 4.95. The lowest BCUT2D eigenvalue weighted by molar-refractivity contribution is 0.0948. The van der Waals surface area contributed by atoms with Crippen LogP contribution in [0.2, 0.25) is 0 Å². The van der Waals surface area contributed by atoms with Crippen molar-refractivity contribution in [2.75, 3.05) is 6.61 Å². The molecule has 1 amide bonds. The summed E-state index contributed by atoms with van der Waals surface area (Å²) in [6, 6.07) is 17.1. The predicted octanol–water partition coefficient (Wildman–Crippen LogP) is 4.94. The third kappa shape index (κ3) is 5.25. The minimum absolute atomic E-state index is 0.0117. The minimum Gasteiger partial charge on any atom is -0.497 e. The lowest BCUT2D eigenvalue weighted by Crippen LogP contribution is -2.26. The van der Waals surface area contributed by atoms with Crippen LogP contribution in [0, 0.1) is 5.92 Å². The van der Waals surface area contributed by atoms with Crippen molar-refractivity contribution in [3.05, 3.63) is 77.6 Å². The van der Waals surface area contributed by atoms with Gasteiger partial charge < -0.3 is 9.47 Å². The van der Waals surface area contributed by atoms with Crippen LogP contribution in [-0.4, -0.2) is 24.3 Å². The highest BCUT2D eigenvalue weighted by atomic mass is 16.5. The van der Waals surface area contributed by atoms with E-state index in [9.17, 15) is 4.79 Å². The summed E-state index contributed by atoms with van der Waals surface area (Å²) in [6.45, 7) is 6.66. The van der Waals surface area contributed by atoms with Crippen LogP contribution in [0.25, 0.3) is 0 Å². The van der Waals surface area contributed by atoms with Crippen LogP contribution in [0.1, 0.15) is 49.5 Å². The van der Waals surface area contributed by atoms with Crippen molar-refractivity contribution >= 4 is 11.6 Å². The Labute approximate surface area is 172 Å². The van der Waals surface area contributed by atoms with Gasteiger partial charge in [0.05, 0.1) is 29.9 Å². The van der Waals surface area contributed by atoms with Crippen molar-refractivity contribution in [1.29, 1.82) is 0 Å². The molecule has 3 rings (SSSR count). The standard InChI is InChI=1S/C24H28N2O3/c1-4-19(21-15-10-16-28-21)23(18-11-6-5-7-12-18)25-26-24(27)20-13-8-9-14-22(20)29-17(2)3/h5-9,11-15,17,19H,4,10,16H2,1-3H3,(H,26,27)/b25-23-. The molecular formula is C24H28N2O3. The van der Waals surface area contributed by atoms with E-state index in [4.69, 9.17) is 9.47 Å². The van der Waals surface area contributed by atoms with Gasteiger partial charge in [0.1, 0.15) is 11.5 Å². The number of hydrogen-bond donors (Lipinski definition) is 1. The number of amides is 1. The number of allylic oxidation sites excluding steroid dienone is 1. The van der Waals surface area contributed by atoms with Gasteiger partial charge >= 0.3 is 0 Å². The molecule has 0 spiro atoms. The molecule has 1 atom stereocenters. The summed E-state index contributed by atoms with van der Waals surface area (Å²) in [7, 11) is 0. The van der Waals surface area contributed by atoms with Crippen molar-refractivity contribution < 1.29 is 14.3 Å². The van der Waals surface area contributed by atoms with Gasteiger partial charge in [0.2, 0.25) is 0 Å². The number of hydrazone groups is 1. The molecule has 1 aliphatic rings. The van der Waals surface area contributed by atoms with Gasteiger partial charge in [-0.15, -0.1) is 0 Å². The Balaban J connectivity index is 1.90. The fourth-order valence-electron chi connectivity index (χ4n) is 3.34. The first-order valence-corrected chi connectivity index (χ1v) is 10.1. The summed E-state index contributed by atoms with van der Waals surface area (Å²) in [6.07, 6.45) is 3.81. The maximum Gasteiger partial charge on any atom is 0.275 e. The molecule has 1 unspecified atom stereocenters. The summed E-state index contributed by atoms with van der Waals surface area (Å²) in [5, 5.41) is 4.55. The van der Waals surface area contributed by atoms with E-state index in [2.05, 4.69) is 23.5 Å². The van der Waals surface area contributed by atoms with Gasteiger partial charge in [-0.3, -0.25) is 4.79 Å². The Morgan fingerprint density at radius 3 is 2.52 bits per heavy atom. The predicted molar refractivity (Wildman–Crippen MR) is 115 cm³/mol. The number of rotatable bonds is 8. The van der Waals surface area contributed by atoms with Gasteiger partial charge in [0, 0.05) is 6.42 Å². The van der Waals surface area contributed by atoms with Crippen LogP contribution < -0.4 is 10.2 Å². The largest absolute Gasteiger partial charge is 0.497 e. The molecule has 0 fully saturated rings. The van der Waals surface area contributed by atoms with Gasteiger partial charge in [-0.25, -0.2) is 5.43 Å². The number of nitrogens with zero attached hydrogens (tertiary/aromatic N) is 1. The number of para-hydroxylation sites is 1. The number of hydrogen-bond acceptors (Lipinski definition) is 4. The Morgan fingerprint density at radius 1 is 1.14 bits per heavy atom. The monoisotopic (exact) mass is 392 g/mol. The number of carbonyl (C=O) groups excluding carboxylic acids is 1. The molecule has 0 bridgehead atoms. The van der Waals surface area contributed by atoms with E-state index in [1.54, 1.807) is 12.1 Å². The van der Waals surface area contributed by atoms with Crippen molar-refractivity contribution in [2.45, 2.75) is 39.7 Å². The second-order valence-corrected chi connectivity index (χ2v) is 7.17. The molecule has 152 valence electrons. The third-order valence-corrected chi connectivity index (χ3v) is 4.66. The molecule has 5 nitrogen and oxygen atoms in total. The van der Waals surface area contributed by atoms with Crippen molar-refractivity contribution in [1.82, 2.24) is 5.43 Å². The molecule has 0 aromatic heterocycles. The van der Waals surface area contributed by atoms with Crippen LogP contribution in [0.15, 0.2) is 71.5 Å². The van der Waals surface area contributed by atoms with Gasteiger partial charge in [0.25, 0.3) is 5.91 Å². The minimum atomic E-state index is -0.300. The topological polar surface area (TPSA) is 59.9 Å². The molecule has 1 aliphatic heterocycles. The van der Waals surface area contributed by atoms with Gasteiger partial charge in [0.15, 0.2) is 0 Å². The second-order valence-electron chi connectivity index (χ2n) is 7.17. The smallest absolute Gasteiger partial charge is 0.275 e. The summed E-state index contributed by atoms with van der Waals surface area (Å²) < 4.78 is 11.6. The first-order valence-electron chi connectivity index (χ1n) is 10.1. The zero-order chi connectivity index (χ0) is 20.6. The Bertz CT molecular complexity index is 888. The average molecular weight is 392 g/mol. The molecule has 0 radical (unpaired) electrons. The van der Waals surface area contributed by atoms with E-state index in [0.717, 1.165) is 29.9 Å². The number of carbonyl (C=O) groups is 1. The lowest BCUT2D eigenvalue weighted by atomic mass is 9.92. The molecule has 0 saturated heterocycles. The average Bonchev–Trinajstić information content (AvgIpc) is 3.26. The third-order valence-electron chi connectivity index (χ3n) is 4.66. The maximum atomic E-state index is 12.9. The Kier molecular flexibility index (Phi) is 7.06. The van der Waals surface area contributed by atoms with E-state index < -0.39 is 0 Å². The summed E-state index contributed by atoms with van der Waals surface area (Å²) >= 11 is 0. The molecule has 2 aromatic carbocycles. The first-order chi connectivity index (χ1) is 14.1. The van der Waals surface area contributed by atoms with Gasteiger partial charge in [-0.2, -0.15) is 5.10 Å². The Hall–Kier alpha value is -3.08. The molecule has 1 N–H and O–H groups in total. The number of ether oxygens (including phenoxy) is 2. The van der Waals surface area contributed by atoms with Crippen LogP contribution in [0.4, 0.5) is 0 Å². The van der Waals surface area contributed by atoms with Crippen molar-refractivity contribution in [3.8, 4) is 5.75 Å². The van der Waals surface area contributed by atoms with Gasteiger partial charge in [-0.05, 0) is 44.0 Å². The Morgan fingerprint density at radius 2 is 1.86 bits per heavy atom. The molecule has 0 aliphatic carbocycles. The molecule has 1 heterocycles. The maximum absolute atomic E-state index is 12.9. The van der Waals surface area contributed by atoms with Crippen LogP contribution in [-0.2, 0) is 4.74 Å². The fourth-order valence-corrected chi connectivity index (χ4v) is 3.34. The lowest BCUT2D eigenvalue weighted by Gasteiger charge is -2.19. The van der Waals surface area contributed by atoms with Gasteiger partial charge in [-0.1, -0.05) is 49.4 Å². The summed E-state index contributed by atoms with van der Waals surface area (Å²) in [4.78, 5) is 12.9. The molecular weight excluding hydrogens is 364 g/mol. The zero-order valence-electron chi connectivity index (χ0n) is 17.2. The van der Waals surface area contributed by atoms with E-state index in [1.807, 2.05) is 56.3 Å². The van der Waals surface area contributed by atoms with E-state index >= 15 is 0 Å². The van der Waals surface area contributed by atoms with Crippen LogP contribution >= 0.6 is 0 Å². The SMILES string of the molecule is CCC(C1=CCCO1)/C(=N\NC(=O)c1ccccc1OC(C)C)c1ccccc1. The normalized spacial score (nSPS) is 14.9.